The summed E-state index contributed by atoms with van der Waals surface area (Å²) in [5.74, 6) is -1.56. The van der Waals surface area contributed by atoms with E-state index in [0.717, 1.165) is 18.2 Å². The molecule has 2 aromatic rings. The second kappa shape index (κ2) is 6.74. The molecule has 0 aromatic heterocycles. The molecule has 0 heterocycles. The van der Waals surface area contributed by atoms with E-state index in [9.17, 15) is 22.5 Å². The maximum atomic E-state index is 14.6. The molecule has 0 bridgehead atoms. The fraction of sp³-hybridized carbons (Fsp3) is 0.250. The van der Waals surface area contributed by atoms with Crippen molar-refractivity contribution in [2.75, 3.05) is 0 Å². The van der Waals surface area contributed by atoms with Crippen molar-refractivity contribution in [2.45, 2.75) is 28.9 Å². The molecule has 0 atom stereocenters. The van der Waals surface area contributed by atoms with Crippen LogP contribution in [0.3, 0.4) is 0 Å². The van der Waals surface area contributed by atoms with E-state index in [1.807, 2.05) is 0 Å². The van der Waals surface area contributed by atoms with Gasteiger partial charge in [0.15, 0.2) is 9.84 Å². The van der Waals surface area contributed by atoms with E-state index in [-0.39, 0.29) is 29.7 Å². The van der Waals surface area contributed by atoms with Crippen molar-refractivity contribution in [2.24, 2.45) is 5.41 Å². The smallest absolute Gasteiger partial charge is 0.188 e. The number of halogens is 3. The van der Waals surface area contributed by atoms with Crippen LogP contribution in [-0.2, 0) is 14.6 Å². The topological polar surface area (TPSA) is 57.9 Å². The number of benzene rings is 2. The van der Waals surface area contributed by atoms with Crippen molar-refractivity contribution in [1.29, 1.82) is 5.26 Å². The third-order valence-corrected chi connectivity index (χ3v) is 7.76. The standard InChI is InChI=1S/C20H16ClF2NO2S/c1-2-9-19(13-24)11-20(12-19,17-10-15(22)5-8-18(17)23)27(25,26)16-6-3-14(21)4-7-16/h2-8,10H,1,9,11-12H2. The average molecular weight is 408 g/mol. The van der Waals surface area contributed by atoms with Crippen LogP contribution in [0, 0.1) is 28.4 Å². The summed E-state index contributed by atoms with van der Waals surface area (Å²) in [5.41, 5.74) is -1.24. The minimum absolute atomic E-state index is 0.0549. The Morgan fingerprint density at radius 3 is 2.37 bits per heavy atom. The first-order valence-electron chi connectivity index (χ1n) is 8.18. The molecule has 1 saturated carbocycles. The zero-order valence-corrected chi connectivity index (χ0v) is 15.8. The number of hydrogen-bond donors (Lipinski definition) is 0. The molecule has 0 saturated heterocycles. The molecule has 3 rings (SSSR count). The van der Waals surface area contributed by atoms with Crippen LogP contribution < -0.4 is 0 Å². The molecule has 1 aliphatic carbocycles. The molecule has 0 amide bonds. The lowest BCUT2D eigenvalue weighted by molar-refractivity contribution is 0.137. The van der Waals surface area contributed by atoms with Gasteiger partial charge in [-0.15, -0.1) is 6.58 Å². The maximum absolute atomic E-state index is 14.6. The molecule has 3 nitrogen and oxygen atoms in total. The maximum Gasteiger partial charge on any atom is 0.188 e. The molecular formula is C20H16ClF2NO2S. The molecule has 1 aliphatic rings. The first kappa shape index (κ1) is 19.5. The molecular weight excluding hydrogens is 392 g/mol. The lowest BCUT2D eigenvalue weighted by atomic mass is 9.58. The Kier molecular flexibility index (Phi) is 4.87. The molecule has 7 heteroatoms. The summed E-state index contributed by atoms with van der Waals surface area (Å²) in [5, 5.41) is 9.92. The average Bonchev–Trinajstić information content (AvgIpc) is 2.60. The van der Waals surface area contributed by atoms with Gasteiger partial charge >= 0.3 is 0 Å². The highest BCUT2D eigenvalue weighted by Crippen LogP contribution is 2.62. The highest BCUT2D eigenvalue weighted by Gasteiger charge is 2.63. The Labute approximate surface area is 161 Å². The van der Waals surface area contributed by atoms with Crippen molar-refractivity contribution < 1.29 is 17.2 Å². The number of sulfone groups is 1. The van der Waals surface area contributed by atoms with E-state index >= 15 is 0 Å². The molecule has 2 aromatic carbocycles. The van der Waals surface area contributed by atoms with Gasteiger partial charge in [0.25, 0.3) is 0 Å². The zero-order valence-electron chi connectivity index (χ0n) is 14.3. The summed E-state index contributed by atoms with van der Waals surface area (Å²) in [7, 11) is -4.12. The molecule has 27 heavy (non-hydrogen) atoms. The molecule has 140 valence electrons. The lowest BCUT2D eigenvalue weighted by Gasteiger charge is -2.51. The first-order valence-corrected chi connectivity index (χ1v) is 10.0. The minimum atomic E-state index is -4.12. The molecule has 0 radical (unpaired) electrons. The van der Waals surface area contributed by atoms with Crippen LogP contribution in [-0.4, -0.2) is 8.42 Å². The normalized spacial score (nSPS) is 24.7. The van der Waals surface area contributed by atoms with Crippen molar-refractivity contribution in [3.05, 3.63) is 77.3 Å². The Bertz CT molecular complexity index is 1040. The second-order valence-corrected chi connectivity index (χ2v) is 9.51. The van der Waals surface area contributed by atoms with Crippen LogP contribution in [0.1, 0.15) is 24.8 Å². The minimum Gasteiger partial charge on any atom is -0.223 e. The lowest BCUT2D eigenvalue weighted by Crippen LogP contribution is -2.54. The van der Waals surface area contributed by atoms with Gasteiger partial charge in [-0.25, -0.2) is 17.2 Å². The van der Waals surface area contributed by atoms with Crippen LogP contribution in [0.4, 0.5) is 8.78 Å². The van der Waals surface area contributed by atoms with E-state index in [0.29, 0.717) is 5.02 Å². The van der Waals surface area contributed by atoms with Gasteiger partial charge < -0.3 is 0 Å². The Balaban J connectivity index is 2.21. The summed E-state index contributed by atoms with van der Waals surface area (Å²) in [4.78, 5) is -0.0549. The van der Waals surface area contributed by atoms with E-state index in [4.69, 9.17) is 11.6 Å². The monoisotopic (exact) mass is 407 g/mol. The molecule has 0 N–H and O–H groups in total. The van der Waals surface area contributed by atoms with Gasteiger partial charge in [-0.05, 0) is 61.7 Å². The van der Waals surface area contributed by atoms with Crippen LogP contribution in [0.15, 0.2) is 60.0 Å². The van der Waals surface area contributed by atoms with E-state index in [2.05, 4.69) is 12.6 Å². The molecule has 0 aliphatic heterocycles. The summed E-state index contributed by atoms with van der Waals surface area (Å²) < 4.78 is 53.6. The fourth-order valence-corrected chi connectivity index (χ4v) is 6.25. The van der Waals surface area contributed by atoms with E-state index in [1.165, 1.54) is 30.3 Å². The summed E-state index contributed by atoms with van der Waals surface area (Å²) in [6, 6.07) is 10.4. The van der Waals surface area contributed by atoms with E-state index in [1.54, 1.807) is 0 Å². The van der Waals surface area contributed by atoms with Crippen molar-refractivity contribution in [3.63, 3.8) is 0 Å². The van der Waals surface area contributed by atoms with Gasteiger partial charge in [0.1, 0.15) is 16.4 Å². The highest BCUT2D eigenvalue weighted by molar-refractivity contribution is 7.92. The number of rotatable bonds is 5. The Morgan fingerprint density at radius 1 is 1.19 bits per heavy atom. The second-order valence-electron chi connectivity index (χ2n) is 6.81. The highest BCUT2D eigenvalue weighted by atomic mass is 35.5. The molecule has 1 fully saturated rings. The number of nitriles is 1. The van der Waals surface area contributed by atoms with Crippen LogP contribution in [0.25, 0.3) is 0 Å². The third kappa shape index (κ3) is 3.05. The van der Waals surface area contributed by atoms with Crippen LogP contribution >= 0.6 is 11.6 Å². The van der Waals surface area contributed by atoms with Gasteiger partial charge in [-0.2, -0.15) is 5.26 Å². The quantitative estimate of drug-likeness (QED) is 0.642. The zero-order chi connectivity index (χ0) is 19.9. The predicted octanol–water partition coefficient (Wildman–Crippen LogP) is 5.17. The van der Waals surface area contributed by atoms with Gasteiger partial charge in [-0.1, -0.05) is 17.7 Å². The number of nitrogens with zero attached hydrogens (tertiary/aromatic N) is 1. The SMILES string of the molecule is C=CCC1(C#N)CC(c2cc(F)ccc2F)(S(=O)(=O)c2ccc(Cl)cc2)C1. The Hall–Kier alpha value is -2.23. The van der Waals surface area contributed by atoms with Gasteiger partial charge in [-0.3, -0.25) is 0 Å². The van der Waals surface area contributed by atoms with Gasteiger partial charge in [0.05, 0.1) is 16.4 Å². The molecule has 0 spiro atoms. The van der Waals surface area contributed by atoms with Crippen molar-refractivity contribution >= 4 is 21.4 Å². The van der Waals surface area contributed by atoms with Crippen molar-refractivity contribution in [3.8, 4) is 6.07 Å². The summed E-state index contributed by atoms with van der Waals surface area (Å²) in [6.07, 6.45) is 1.50. The summed E-state index contributed by atoms with van der Waals surface area (Å²) >= 11 is 5.84. The fourth-order valence-electron chi connectivity index (χ4n) is 3.80. The first-order chi connectivity index (χ1) is 12.7. The van der Waals surface area contributed by atoms with Crippen LogP contribution in [0.5, 0.6) is 0 Å². The van der Waals surface area contributed by atoms with Crippen molar-refractivity contribution in [1.82, 2.24) is 0 Å². The number of allylic oxidation sites excluding steroid dienone is 1. The third-order valence-electron chi connectivity index (χ3n) is 5.08. The summed E-state index contributed by atoms with van der Waals surface area (Å²) in [6.45, 7) is 3.61. The predicted molar refractivity (Wildman–Crippen MR) is 98.8 cm³/mol. The largest absolute Gasteiger partial charge is 0.223 e. The van der Waals surface area contributed by atoms with Gasteiger partial charge in [0.2, 0.25) is 0 Å². The Morgan fingerprint density at radius 2 is 1.81 bits per heavy atom. The number of hydrogen-bond acceptors (Lipinski definition) is 3. The molecule has 0 unspecified atom stereocenters. The van der Waals surface area contributed by atoms with Gasteiger partial charge in [0, 0.05) is 10.6 Å². The van der Waals surface area contributed by atoms with E-state index < -0.39 is 31.6 Å². The van der Waals surface area contributed by atoms with Crippen LogP contribution in [0.2, 0.25) is 5.02 Å².